The monoisotopic (exact) mass is 318 g/mol. The molecule has 5 nitrogen and oxygen atoms in total. The predicted molar refractivity (Wildman–Crippen MR) is 91.7 cm³/mol. The summed E-state index contributed by atoms with van der Waals surface area (Å²) in [4.78, 5) is 22.8. The summed E-state index contributed by atoms with van der Waals surface area (Å²) in [5.74, 6) is -0.240. The molecule has 1 aromatic carbocycles. The minimum Gasteiger partial charge on any atom is -0.388 e. The van der Waals surface area contributed by atoms with Gasteiger partial charge in [-0.3, -0.25) is 9.59 Å². The maximum atomic E-state index is 11.8. The first kappa shape index (κ1) is 18.9. The largest absolute Gasteiger partial charge is 0.388 e. The van der Waals surface area contributed by atoms with Crippen molar-refractivity contribution in [3.63, 3.8) is 0 Å². The summed E-state index contributed by atoms with van der Waals surface area (Å²) in [7, 11) is 0. The number of amides is 2. The Morgan fingerprint density at radius 1 is 1.30 bits per heavy atom. The van der Waals surface area contributed by atoms with E-state index in [9.17, 15) is 14.7 Å². The van der Waals surface area contributed by atoms with Crippen LogP contribution < -0.4 is 11.1 Å². The third kappa shape index (κ3) is 7.61. The molecule has 126 valence electrons. The van der Waals surface area contributed by atoms with Gasteiger partial charge in [-0.05, 0) is 49.5 Å². The Bertz CT molecular complexity index is 560. The first-order chi connectivity index (χ1) is 10.7. The van der Waals surface area contributed by atoms with Gasteiger partial charge in [0.25, 0.3) is 0 Å². The highest BCUT2D eigenvalue weighted by Crippen LogP contribution is 2.15. The Morgan fingerprint density at radius 3 is 2.43 bits per heavy atom. The Labute approximate surface area is 137 Å². The summed E-state index contributed by atoms with van der Waals surface area (Å²) in [6.45, 7) is 6.13. The molecule has 0 aliphatic heterocycles. The fourth-order valence-corrected chi connectivity index (χ4v) is 1.95. The molecule has 1 unspecified atom stereocenters. The summed E-state index contributed by atoms with van der Waals surface area (Å²) in [5, 5.41) is 12.9. The maximum Gasteiger partial charge on any atom is 0.248 e. The lowest BCUT2D eigenvalue weighted by Crippen LogP contribution is -2.40. The van der Waals surface area contributed by atoms with Crippen LogP contribution in [0.2, 0.25) is 0 Å². The van der Waals surface area contributed by atoms with E-state index in [1.165, 1.54) is 6.08 Å². The van der Waals surface area contributed by atoms with Gasteiger partial charge in [0.15, 0.2) is 0 Å². The summed E-state index contributed by atoms with van der Waals surface area (Å²) < 4.78 is 0. The first-order valence-corrected chi connectivity index (χ1v) is 7.78. The van der Waals surface area contributed by atoms with Crippen LogP contribution in [-0.2, 0) is 4.79 Å². The minimum absolute atomic E-state index is 0.212. The second-order valence-corrected chi connectivity index (χ2v) is 6.47. The molecule has 5 heteroatoms. The highest BCUT2D eigenvalue weighted by molar-refractivity contribution is 5.94. The number of rotatable bonds is 8. The molecule has 0 saturated carbocycles. The molecule has 0 aromatic heterocycles. The predicted octanol–water partition coefficient (Wildman–Crippen LogP) is 2.10. The zero-order valence-electron chi connectivity index (χ0n) is 14.0. The molecule has 0 spiro atoms. The molecule has 1 rings (SSSR count). The van der Waals surface area contributed by atoms with Crippen LogP contribution >= 0.6 is 0 Å². The van der Waals surface area contributed by atoms with Crippen molar-refractivity contribution in [1.29, 1.82) is 0 Å². The molecule has 0 radical (unpaired) electrons. The number of aliphatic hydroxyl groups is 1. The molecule has 0 aliphatic rings. The molecule has 2 amide bonds. The SMILES string of the molecule is CC(C)CCC(C)(O)CNC(=O)C=Cc1ccc(C(N)=O)cc1. The van der Waals surface area contributed by atoms with Crippen molar-refractivity contribution in [3.8, 4) is 0 Å². The number of hydrogen-bond acceptors (Lipinski definition) is 3. The number of hydrogen-bond donors (Lipinski definition) is 3. The van der Waals surface area contributed by atoms with E-state index < -0.39 is 11.5 Å². The Morgan fingerprint density at radius 2 is 1.91 bits per heavy atom. The molecule has 4 N–H and O–H groups in total. The van der Waals surface area contributed by atoms with E-state index in [1.54, 1.807) is 37.3 Å². The van der Waals surface area contributed by atoms with Crippen LogP contribution in [0.3, 0.4) is 0 Å². The molecular weight excluding hydrogens is 292 g/mol. The number of carbonyl (C=O) groups is 2. The Balaban J connectivity index is 2.48. The molecule has 0 aliphatic carbocycles. The fourth-order valence-electron chi connectivity index (χ4n) is 1.95. The lowest BCUT2D eigenvalue weighted by molar-refractivity contribution is -0.117. The van der Waals surface area contributed by atoms with Gasteiger partial charge < -0.3 is 16.2 Å². The summed E-state index contributed by atoms with van der Waals surface area (Å²) in [6.07, 6.45) is 4.59. The molecule has 23 heavy (non-hydrogen) atoms. The zero-order chi connectivity index (χ0) is 17.5. The Hall–Kier alpha value is -2.14. The van der Waals surface area contributed by atoms with Crippen LogP contribution in [0, 0.1) is 5.92 Å². The van der Waals surface area contributed by atoms with E-state index in [0.29, 0.717) is 17.9 Å². The third-order valence-corrected chi connectivity index (χ3v) is 3.53. The fraction of sp³-hybridized carbons (Fsp3) is 0.444. The van der Waals surface area contributed by atoms with E-state index in [4.69, 9.17) is 5.73 Å². The van der Waals surface area contributed by atoms with Crippen LogP contribution in [0.15, 0.2) is 30.3 Å². The van der Waals surface area contributed by atoms with Gasteiger partial charge in [0, 0.05) is 18.2 Å². The van der Waals surface area contributed by atoms with Crippen molar-refractivity contribution in [3.05, 3.63) is 41.5 Å². The maximum absolute atomic E-state index is 11.8. The normalized spacial score (nSPS) is 14.0. The average Bonchev–Trinajstić information content (AvgIpc) is 2.49. The average molecular weight is 318 g/mol. The van der Waals surface area contributed by atoms with Gasteiger partial charge >= 0.3 is 0 Å². The van der Waals surface area contributed by atoms with Gasteiger partial charge in [0.1, 0.15) is 0 Å². The van der Waals surface area contributed by atoms with Crippen molar-refractivity contribution in [2.75, 3.05) is 6.54 Å². The lowest BCUT2D eigenvalue weighted by Gasteiger charge is -2.24. The minimum atomic E-state index is -0.906. The van der Waals surface area contributed by atoms with E-state index in [0.717, 1.165) is 12.0 Å². The first-order valence-electron chi connectivity index (χ1n) is 7.78. The standard InChI is InChI=1S/C18H26N2O3/c1-13(2)10-11-18(3,23)12-20-16(21)9-6-14-4-7-15(8-5-14)17(19)22/h4-9,13,23H,10-12H2,1-3H3,(H2,19,22)(H,20,21). The van der Waals surface area contributed by atoms with Crippen molar-refractivity contribution in [2.45, 2.75) is 39.2 Å². The highest BCUT2D eigenvalue weighted by Gasteiger charge is 2.20. The van der Waals surface area contributed by atoms with Crippen LogP contribution in [-0.4, -0.2) is 29.1 Å². The van der Waals surface area contributed by atoms with Crippen LogP contribution in [0.25, 0.3) is 6.08 Å². The van der Waals surface area contributed by atoms with Gasteiger partial charge in [0.2, 0.25) is 11.8 Å². The topological polar surface area (TPSA) is 92.4 Å². The molecule has 0 fully saturated rings. The number of nitrogens with one attached hydrogen (secondary N) is 1. The second-order valence-electron chi connectivity index (χ2n) is 6.47. The van der Waals surface area contributed by atoms with Crippen LogP contribution in [0.5, 0.6) is 0 Å². The van der Waals surface area contributed by atoms with Gasteiger partial charge in [-0.1, -0.05) is 26.0 Å². The van der Waals surface area contributed by atoms with E-state index in [2.05, 4.69) is 19.2 Å². The molecule has 0 saturated heterocycles. The lowest BCUT2D eigenvalue weighted by atomic mass is 9.95. The third-order valence-electron chi connectivity index (χ3n) is 3.53. The summed E-state index contributed by atoms with van der Waals surface area (Å²) in [6, 6.07) is 6.64. The van der Waals surface area contributed by atoms with E-state index in [1.807, 2.05) is 0 Å². The smallest absolute Gasteiger partial charge is 0.248 e. The van der Waals surface area contributed by atoms with Gasteiger partial charge in [-0.2, -0.15) is 0 Å². The molecule has 0 heterocycles. The zero-order valence-corrected chi connectivity index (χ0v) is 14.0. The van der Waals surface area contributed by atoms with Crippen molar-refractivity contribution in [2.24, 2.45) is 11.7 Å². The molecule has 1 aromatic rings. The van der Waals surface area contributed by atoms with Crippen molar-refractivity contribution < 1.29 is 14.7 Å². The van der Waals surface area contributed by atoms with Gasteiger partial charge in [-0.15, -0.1) is 0 Å². The molecular formula is C18H26N2O3. The van der Waals surface area contributed by atoms with Crippen molar-refractivity contribution in [1.82, 2.24) is 5.32 Å². The molecule has 1 atom stereocenters. The quantitative estimate of drug-likeness (QED) is 0.641. The number of primary amides is 1. The second kappa shape index (κ2) is 8.48. The summed E-state index contributed by atoms with van der Waals surface area (Å²) >= 11 is 0. The summed E-state index contributed by atoms with van der Waals surface area (Å²) in [5.41, 5.74) is 5.47. The number of benzene rings is 1. The molecule has 0 bridgehead atoms. The van der Waals surface area contributed by atoms with Crippen molar-refractivity contribution >= 4 is 17.9 Å². The van der Waals surface area contributed by atoms with Crippen LogP contribution in [0.1, 0.15) is 49.5 Å². The van der Waals surface area contributed by atoms with Crippen LogP contribution in [0.4, 0.5) is 0 Å². The van der Waals surface area contributed by atoms with E-state index >= 15 is 0 Å². The number of carbonyl (C=O) groups excluding carboxylic acids is 2. The van der Waals surface area contributed by atoms with Gasteiger partial charge in [0.05, 0.1) is 5.60 Å². The highest BCUT2D eigenvalue weighted by atomic mass is 16.3. The Kier molecular flexibility index (Phi) is 6.97. The van der Waals surface area contributed by atoms with E-state index in [-0.39, 0.29) is 12.5 Å². The van der Waals surface area contributed by atoms with Gasteiger partial charge in [-0.25, -0.2) is 0 Å². The number of nitrogens with two attached hydrogens (primary N) is 1.